The highest BCUT2D eigenvalue weighted by molar-refractivity contribution is 5.56. The van der Waals surface area contributed by atoms with Gasteiger partial charge in [-0.15, -0.1) is 0 Å². The molecule has 2 aromatic carbocycles. The quantitative estimate of drug-likeness (QED) is 0.652. The van der Waals surface area contributed by atoms with Crippen molar-refractivity contribution < 1.29 is 0 Å². The van der Waals surface area contributed by atoms with Gasteiger partial charge in [0.1, 0.15) is 5.82 Å². The summed E-state index contributed by atoms with van der Waals surface area (Å²) in [6, 6.07) is 20.8. The summed E-state index contributed by atoms with van der Waals surface area (Å²) >= 11 is 0. The summed E-state index contributed by atoms with van der Waals surface area (Å²) in [4.78, 5) is 14.2. The lowest BCUT2D eigenvalue weighted by Crippen LogP contribution is -2.46. The summed E-state index contributed by atoms with van der Waals surface area (Å²) in [5, 5.41) is 3.35. The number of anilines is 3. The van der Waals surface area contributed by atoms with Crippen LogP contribution in [0.1, 0.15) is 16.8 Å². The zero-order valence-electron chi connectivity index (χ0n) is 17.8. The first-order chi connectivity index (χ1) is 14.7. The van der Waals surface area contributed by atoms with Crippen LogP contribution in [0.4, 0.5) is 17.5 Å². The van der Waals surface area contributed by atoms with Crippen molar-refractivity contribution >= 4 is 23.5 Å². The molecule has 0 atom stereocenters. The van der Waals surface area contributed by atoms with Crippen LogP contribution in [-0.2, 0) is 0 Å². The molecule has 5 nitrogen and oxygen atoms in total. The second-order valence-electron chi connectivity index (χ2n) is 7.79. The average molecular weight is 400 g/mol. The van der Waals surface area contributed by atoms with Crippen molar-refractivity contribution in [1.82, 2.24) is 14.9 Å². The molecule has 1 aliphatic rings. The van der Waals surface area contributed by atoms with Crippen LogP contribution in [-0.4, -0.2) is 47.6 Å². The molecule has 0 aliphatic carbocycles. The number of piperazine rings is 1. The zero-order chi connectivity index (χ0) is 20.8. The van der Waals surface area contributed by atoms with E-state index in [1.807, 2.05) is 25.1 Å². The standard InChI is InChI=1S/C25H29N5/c1-20-8-6-12-23(18-20)27-25-26-21(2)19-24(28-25)30-16-14-29(15-17-30)13-7-11-22-9-4-3-5-10-22/h3-12,18-19H,13-17H2,1-2H3,(H,26,27,28)/b11-7+. The minimum Gasteiger partial charge on any atom is -0.354 e. The highest BCUT2D eigenvalue weighted by atomic mass is 15.3. The Morgan fingerprint density at radius 3 is 2.47 bits per heavy atom. The molecule has 0 bridgehead atoms. The molecule has 2 heterocycles. The molecule has 154 valence electrons. The maximum absolute atomic E-state index is 4.78. The summed E-state index contributed by atoms with van der Waals surface area (Å²) in [6.45, 7) is 9.09. The minimum absolute atomic E-state index is 0.656. The molecule has 30 heavy (non-hydrogen) atoms. The number of aromatic nitrogens is 2. The number of benzene rings is 2. The Balaban J connectivity index is 1.35. The van der Waals surface area contributed by atoms with E-state index in [0.29, 0.717) is 5.95 Å². The highest BCUT2D eigenvalue weighted by Crippen LogP contribution is 2.20. The lowest BCUT2D eigenvalue weighted by Gasteiger charge is -2.35. The fraction of sp³-hybridized carbons (Fsp3) is 0.280. The number of rotatable bonds is 6. The lowest BCUT2D eigenvalue weighted by atomic mass is 10.2. The largest absolute Gasteiger partial charge is 0.354 e. The van der Waals surface area contributed by atoms with Crippen molar-refractivity contribution in [3.63, 3.8) is 0 Å². The van der Waals surface area contributed by atoms with Gasteiger partial charge in [-0.2, -0.15) is 4.98 Å². The van der Waals surface area contributed by atoms with Crippen LogP contribution in [0.2, 0.25) is 0 Å². The molecule has 0 saturated carbocycles. The van der Waals surface area contributed by atoms with E-state index in [4.69, 9.17) is 4.98 Å². The van der Waals surface area contributed by atoms with E-state index in [-0.39, 0.29) is 0 Å². The Bertz CT molecular complexity index is 991. The highest BCUT2D eigenvalue weighted by Gasteiger charge is 2.18. The van der Waals surface area contributed by atoms with Gasteiger partial charge in [-0.1, -0.05) is 54.6 Å². The molecular weight excluding hydrogens is 370 g/mol. The third-order valence-corrected chi connectivity index (χ3v) is 5.28. The number of nitrogens with one attached hydrogen (secondary N) is 1. The van der Waals surface area contributed by atoms with Crippen molar-refractivity contribution in [3.8, 4) is 0 Å². The summed E-state index contributed by atoms with van der Waals surface area (Å²) in [7, 11) is 0. The van der Waals surface area contributed by atoms with Gasteiger partial charge in [-0.05, 0) is 37.1 Å². The third kappa shape index (κ3) is 5.45. The van der Waals surface area contributed by atoms with Crippen molar-refractivity contribution in [3.05, 3.63) is 83.6 Å². The molecule has 0 radical (unpaired) electrons. The Kier molecular flexibility index (Phi) is 6.40. The molecule has 3 aromatic rings. The monoisotopic (exact) mass is 399 g/mol. The van der Waals surface area contributed by atoms with E-state index < -0.39 is 0 Å². The van der Waals surface area contributed by atoms with Gasteiger partial charge in [-0.25, -0.2) is 4.98 Å². The molecule has 0 unspecified atom stereocenters. The van der Waals surface area contributed by atoms with Gasteiger partial charge in [0.2, 0.25) is 5.95 Å². The predicted octanol–water partition coefficient (Wildman–Crippen LogP) is 4.67. The Hall–Kier alpha value is -3.18. The Labute approximate surface area is 179 Å². The van der Waals surface area contributed by atoms with Crippen LogP contribution in [0.25, 0.3) is 6.08 Å². The second-order valence-corrected chi connectivity index (χ2v) is 7.79. The molecule has 1 aromatic heterocycles. The fourth-order valence-corrected chi connectivity index (χ4v) is 3.68. The van der Waals surface area contributed by atoms with E-state index >= 15 is 0 Å². The van der Waals surface area contributed by atoms with Crippen LogP contribution in [0.5, 0.6) is 0 Å². The predicted molar refractivity (Wildman–Crippen MR) is 125 cm³/mol. The maximum Gasteiger partial charge on any atom is 0.229 e. The summed E-state index contributed by atoms with van der Waals surface area (Å²) in [5.41, 5.74) is 4.46. The third-order valence-electron chi connectivity index (χ3n) is 5.28. The first-order valence-corrected chi connectivity index (χ1v) is 10.5. The summed E-state index contributed by atoms with van der Waals surface area (Å²) in [6.07, 6.45) is 4.45. The van der Waals surface area contributed by atoms with Gasteiger partial charge < -0.3 is 10.2 Å². The minimum atomic E-state index is 0.656. The van der Waals surface area contributed by atoms with E-state index in [1.165, 1.54) is 11.1 Å². The Morgan fingerprint density at radius 2 is 1.70 bits per heavy atom. The average Bonchev–Trinajstić information content (AvgIpc) is 2.75. The normalized spacial score (nSPS) is 14.9. The van der Waals surface area contributed by atoms with Crippen molar-refractivity contribution in [2.24, 2.45) is 0 Å². The molecule has 5 heteroatoms. The fourth-order valence-electron chi connectivity index (χ4n) is 3.68. The molecule has 1 N–H and O–H groups in total. The van der Waals surface area contributed by atoms with E-state index in [2.05, 4.69) is 81.6 Å². The molecule has 1 fully saturated rings. The molecule has 0 amide bonds. The number of aryl methyl sites for hydroxylation is 2. The second kappa shape index (κ2) is 9.55. The Morgan fingerprint density at radius 1 is 0.900 bits per heavy atom. The smallest absolute Gasteiger partial charge is 0.229 e. The van der Waals surface area contributed by atoms with Gasteiger partial charge in [-0.3, -0.25) is 4.90 Å². The summed E-state index contributed by atoms with van der Waals surface area (Å²) < 4.78 is 0. The molecular formula is C25H29N5. The van der Waals surface area contributed by atoms with Gasteiger partial charge in [0.25, 0.3) is 0 Å². The van der Waals surface area contributed by atoms with Crippen molar-refractivity contribution in [2.45, 2.75) is 13.8 Å². The van der Waals surface area contributed by atoms with Gasteiger partial charge in [0.15, 0.2) is 0 Å². The summed E-state index contributed by atoms with van der Waals surface area (Å²) in [5.74, 6) is 1.65. The van der Waals surface area contributed by atoms with Crippen molar-refractivity contribution in [2.75, 3.05) is 42.9 Å². The van der Waals surface area contributed by atoms with Crippen LogP contribution in [0, 0.1) is 13.8 Å². The van der Waals surface area contributed by atoms with Crippen molar-refractivity contribution in [1.29, 1.82) is 0 Å². The number of hydrogen-bond donors (Lipinski definition) is 1. The van der Waals surface area contributed by atoms with Crippen LogP contribution in [0.3, 0.4) is 0 Å². The van der Waals surface area contributed by atoms with Gasteiger partial charge in [0, 0.05) is 50.2 Å². The topological polar surface area (TPSA) is 44.3 Å². The first kappa shape index (κ1) is 20.1. The van der Waals surface area contributed by atoms with E-state index in [9.17, 15) is 0 Å². The lowest BCUT2D eigenvalue weighted by molar-refractivity contribution is 0.283. The number of hydrogen-bond acceptors (Lipinski definition) is 5. The van der Waals surface area contributed by atoms with Gasteiger partial charge in [0.05, 0.1) is 0 Å². The molecule has 1 aliphatic heterocycles. The number of nitrogens with zero attached hydrogens (tertiary/aromatic N) is 4. The van der Waals surface area contributed by atoms with Crippen LogP contribution in [0.15, 0.2) is 66.7 Å². The first-order valence-electron chi connectivity index (χ1n) is 10.5. The van der Waals surface area contributed by atoms with Gasteiger partial charge >= 0.3 is 0 Å². The zero-order valence-corrected chi connectivity index (χ0v) is 17.8. The van der Waals surface area contributed by atoms with E-state index in [0.717, 1.165) is 49.9 Å². The molecule has 1 saturated heterocycles. The molecule has 0 spiro atoms. The van der Waals surface area contributed by atoms with Crippen LogP contribution < -0.4 is 10.2 Å². The van der Waals surface area contributed by atoms with E-state index in [1.54, 1.807) is 0 Å². The maximum atomic E-state index is 4.78. The molecule has 4 rings (SSSR count). The van der Waals surface area contributed by atoms with Crippen LogP contribution >= 0.6 is 0 Å². The SMILES string of the molecule is Cc1cccc(Nc2nc(C)cc(N3CCN(C/C=C/c4ccccc4)CC3)n2)c1.